The molecule has 2 unspecified atom stereocenters. The van der Waals surface area contributed by atoms with E-state index in [9.17, 15) is 19.5 Å². The Morgan fingerprint density at radius 2 is 1.85 bits per heavy atom. The van der Waals surface area contributed by atoms with E-state index in [0.717, 1.165) is 16.3 Å². The third-order valence-electron chi connectivity index (χ3n) is 8.48. The van der Waals surface area contributed by atoms with Crippen LogP contribution in [0.25, 0.3) is 10.8 Å². The largest absolute Gasteiger partial charge is 0.466 e. The van der Waals surface area contributed by atoms with E-state index < -0.39 is 47.5 Å². The van der Waals surface area contributed by atoms with Crippen LogP contribution in [0.3, 0.4) is 0 Å². The van der Waals surface area contributed by atoms with E-state index in [0.29, 0.717) is 24.9 Å². The third kappa shape index (κ3) is 4.19. The molecule has 3 saturated heterocycles. The van der Waals surface area contributed by atoms with Crippen LogP contribution >= 0.6 is 0 Å². The van der Waals surface area contributed by atoms with Crippen LogP contribution in [-0.2, 0) is 30.3 Å². The Labute approximate surface area is 226 Å². The van der Waals surface area contributed by atoms with Crippen molar-refractivity contribution >= 4 is 34.2 Å². The lowest BCUT2D eigenvalue weighted by atomic mass is 9.70. The molecule has 3 aliphatic heterocycles. The number of nitrogens with zero attached hydrogens (tertiary/aromatic N) is 1. The fraction of sp³-hybridized carbons (Fsp3) is 0.387. The molecule has 1 spiro atoms. The van der Waals surface area contributed by atoms with Crippen LogP contribution in [0.5, 0.6) is 0 Å². The van der Waals surface area contributed by atoms with E-state index in [-0.39, 0.29) is 19.1 Å². The third-order valence-corrected chi connectivity index (χ3v) is 8.48. The molecule has 3 aromatic carbocycles. The highest BCUT2D eigenvalue weighted by molar-refractivity contribution is 6.04. The van der Waals surface area contributed by atoms with E-state index in [1.165, 1.54) is 4.90 Å². The quantitative estimate of drug-likeness (QED) is 0.435. The molecule has 0 aliphatic carbocycles. The number of anilines is 1. The summed E-state index contributed by atoms with van der Waals surface area (Å²) >= 11 is 0. The van der Waals surface area contributed by atoms with Gasteiger partial charge in [0.2, 0.25) is 11.8 Å². The number of carbonyl (C=O) groups is 3. The number of aliphatic hydroxyl groups excluding tert-OH is 1. The maximum Gasteiger partial charge on any atom is 0.312 e. The number of carbonyl (C=O) groups excluding carboxylic acids is 3. The Balaban J connectivity index is 1.38. The number of esters is 1. The lowest BCUT2D eigenvalue weighted by Crippen LogP contribution is -2.56. The molecule has 0 saturated carbocycles. The summed E-state index contributed by atoms with van der Waals surface area (Å²) < 4.78 is 11.8. The van der Waals surface area contributed by atoms with Gasteiger partial charge < -0.3 is 24.8 Å². The molecule has 3 aromatic rings. The molecule has 8 heteroatoms. The Bertz CT molecular complexity index is 1410. The highest BCUT2D eigenvalue weighted by Gasteiger charge is 2.75. The molecule has 2 amide bonds. The van der Waals surface area contributed by atoms with Crippen molar-refractivity contribution in [3.05, 3.63) is 78.4 Å². The SMILES string of the molecule is CCOC(=O)[C@@H]1[C@@H]2CCC3(O2)C(C(=O)Nc2ccc4ccccc4c2)N([C@@H](CO)Cc2ccccc2)C(=O)[C@H]13. The van der Waals surface area contributed by atoms with Crippen molar-refractivity contribution in [2.75, 3.05) is 18.5 Å². The summed E-state index contributed by atoms with van der Waals surface area (Å²) in [4.78, 5) is 42.8. The summed E-state index contributed by atoms with van der Waals surface area (Å²) in [5.41, 5.74) is 0.369. The zero-order chi connectivity index (χ0) is 27.1. The van der Waals surface area contributed by atoms with Crippen LogP contribution in [0.4, 0.5) is 5.69 Å². The predicted octanol–water partition coefficient (Wildman–Crippen LogP) is 3.32. The van der Waals surface area contributed by atoms with Crippen molar-refractivity contribution in [2.45, 2.75) is 50.0 Å². The van der Waals surface area contributed by atoms with E-state index >= 15 is 0 Å². The number of hydrogen-bond donors (Lipinski definition) is 2. The van der Waals surface area contributed by atoms with Crippen molar-refractivity contribution in [3.63, 3.8) is 0 Å². The number of aliphatic hydroxyl groups is 1. The van der Waals surface area contributed by atoms with Crippen LogP contribution in [0.15, 0.2) is 72.8 Å². The van der Waals surface area contributed by atoms with Gasteiger partial charge in [0.15, 0.2) is 0 Å². The van der Waals surface area contributed by atoms with Crippen molar-refractivity contribution in [1.29, 1.82) is 0 Å². The molecule has 0 aromatic heterocycles. The summed E-state index contributed by atoms with van der Waals surface area (Å²) in [6.07, 6.45) is 0.917. The van der Waals surface area contributed by atoms with E-state index in [2.05, 4.69) is 5.32 Å². The molecule has 6 atom stereocenters. The van der Waals surface area contributed by atoms with Crippen LogP contribution < -0.4 is 5.32 Å². The molecular weight excluding hydrogens is 496 g/mol. The predicted molar refractivity (Wildman–Crippen MR) is 145 cm³/mol. The first-order valence-electron chi connectivity index (χ1n) is 13.6. The number of fused-ring (bicyclic) bond motifs is 2. The van der Waals surface area contributed by atoms with Crippen molar-refractivity contribution < 1.29 is 29.0 Å². The molecule has 6 rings (SSSR count). The first kappa shape index (κ1) is 25.5. The molecule has 39 heavy (non-hydrogen) atoms. The van der Waals surface area contributed by atoms with E-state index in [4.69, 9.17) is 9.47 Å². The second-order valence-electron chi connectivity index (χ2n) is 10.6. The van der Waals surface area contributed by atoms with Crippen molar-refractivity contribution in [1.82, 2.24) is 4.90 Å². The zero-order valence-corrected chi connectivity index (χ0v) is 21.8. The fourth-order valence-corrected chi connectivity index (χ4v) is 6.90. The highest BCUT2D eigenvalue weighted by atomic mass is 16.6. The Hall–Kier alpha value is -3.75. The molecule has 3 heterocycles. The first-order valence-corrected chi connectivity index (χ1v) is 13.6. The molecular formula is C31H32N2O6. The van der Waals surface area contributed by atoms with Gasteiger partial charge in [0.05, 0.1) is 37.2 Å². The minimum atomic E-state index is -1.16. The number of ether oxygens (including phenoxy) is 2. The normalized spacial score (nSPS) is 27.9. The Kier molecular flexibility index (Phi) is 6.61. The van der Waals surface area contributed by atoms with Gasteiger partial charge in [-0.05, 0) is 54.7 Å². The van der Waals surface area contributed by atoms with Crippen LogP contribution in [0.1, 0.15) is 25.3 Å². The number of likely N-dealkylation sites (tertiary alicyclic amines) is 1. The summed E-state index contributed by atoms with van der Waals surface area (Å²) in [5.74, 6) is -2.82. The van der Waals surface area contributed by atoms with Crippen LogP contribution in [-0.4, -0.2) is 64.8 Å². The lowest BCUT2D eigenvalue weighted by Gasteiger charge is -2.36. The first-order chi connectivity index (χ1) is 19.0. The number of nitrogens with one attached hydrogen (secondary N) is 1. The van der Waals surface area contributed by atoms with Gasteiger partial charge in [0.25, 0.3) is 0 Å². The zero-order valence-electron chi connectivity index (χ0n) is 21.8. The monoisotopic (exact) mass is 528 g/mol. The smallest absolute Gasteiger partial charge is 0.312 e. The second-order valence-corrected chi connectivity index (χ2v) is 10.6. The topological polar surface area (TPSA) is 105 Å². The van der Waals surface area contributed by atoms with Gasteiger partial charge in [-0.2, -0.15) is 0 Å². The highest BCUT2D eigenvalue weighted by Crippen LogP contribution is 2.59. The van der Waals surface area contributed by atoms with E-state index in [1.54, 1.807) is 6.92 Å². The molecule has 202 valence electrons. The number of amides is 2. The lowest BCUT2D eigenvalue weighted by molar-refractivity contribution is -0.155. The second kappa shape index (κ2) is 10.1. The summed E-state index contributed by atoms with van der Waals surface area (Å²) in [5, 5.41) is 15.5. The van der Waals surface area contributed by atoms with Gasteiger partial charge in [-0.3, -0.25) is 14.4 Å². The maximum absolute atomic E-state index is 14.2. The Morgan fingerprint density at radius 1 is 1.10 bits per heavy atom. The van der Waals surface area contributed by atoms with Crippen molar-refractivity contribution in [3.8, 4) is 0 Å². The summed E-state index contributed by atoms with van der Waals surface area (Å²) in [6, 6.07) is 21.4. The van der Waals surface area contributed by atoms with Gasteiger partial charge in [0.1, 0.15) is 11.6 Å². The van der Waals surface area contributed by atoms with E-state index in [1.807, 2.05) is 72.8 Å². The molecule has 3 fully saturated rings. The van der Waals surface area contributed by atoms with Gasteiger partial charge in [-0.15, -0.1) is 0 Å². The Morgan fingerprint density at radius 3 is 2.59 bits per heavy atom. The van der Waals surface area contributed by atoms with Crippen molar-refractivity contribution in [2.24, 2.45) is 11.8 Å². The standard InChI is InChI=1S/C31H32N2O6/c1-2-38-30(37)25-24-14-15-31(39-24)26(25)29(36)33(23(18-34)16-19-8-4-3-5-9-19)27(31)28(35)32-22-13-12-20-10-6-7-11-21(20)17-22/h3-13,17,23-27,34H,2,14-16,18H2,1H3,(H,32,35)/t23-,24+,25-,26+,27?,31?/m1/s1. The fourth-order valence-electron chi connectivity index (χ4n) is 6.90. The number of rotatable bonds is 8. The molecule has 2 bridgehead atoms. The molecule has 3 aliphatic rings. The van der Waals surface area contributed by atoms with Gasteiger partial charge >= 0.3 is 5.97 Å². The molecule has 2 N–H and O–H groups in total. The molecule has 8 nitrogen and oxygen atoms in total. The van der Waals surface area contributed by atoms with Gasteiger partial charge in [0, 0.05) is 5.69 Å². The maximum atomic E-state index is 14.2. The average Bonchev–Trinajstić information content (AvgIpc) is 3.59. The summed E-state index contributed by atoms with van der Waals surface area (Å²) in [6.45, 7) is 1.58. The minimum absolute atomic E-state index is 0.193. The number of hydrogen-bond acceptors (Lipinski definition) is 6. The van der Waals surface area contributed by atoms with Crippen LogP contribution in [0.2, 0.25) is 0 Å². The summed E-state index contributed by atoms with van der Waals surface area (Å²) in [7, 11) is 0. The molecule has 0 radical (unpaired) electrons. The van der Waals surface area contributed by atoms with Gasteiger partial charge in [-0.1, -0.05) is 60.7 Å². The average molecular weight is 529 g/mol. The number of benzene rings is 3. The van der Waals surface area contributed by atoms with Gasteiger partial charge in [-0.25, -0.2) is 0 Å². The van der Waals surface area contributed by atoms with Crippen LogP contribution in [0, 0.1) is 11.8 Å². The minimum Gasteiger partial charge on any atom is -0.466 e.